The van der Waals surface area contributed by atoms with Gasteiger partial charge in [0.2, 0.25) is 5.91 Å². The van der Waals surface area contributed by atoms with Crippen LogP contribution in [0.15, 0.2) is 79.0 Å². The first-order chi connectivity index (χ1) is 14.1. The number of pyridine rings is 1. The Balaban J connectivity index is 1.58. The quantitative estimate of drug-likeness (QED) is 0.730. The van der Waals surface area contributed by atoms with Crippen LogP contribution in [0.1, 0.15) is 24.2 Å². The van der Waals surface area contributed by atoms with Gasteiger partial charge in [-0.25, -0.2) is 0 Å². The lowest BCUT2D eigenvalue weighted by Crippen LogP contribution is -2.49. The SMILES string of the molecule is C[C@H]1Oc2ccccc2N(CC(=O)N[C@@H](c2ccccc2)c2ccccn2)C1=O. The molecule has 2 aromatic carbocycles. The van der Waals surface area contributed by atoms with E-state index in [4.69, 9.17) is 4.74 Å². The van der Waals surface area contributed by atoms with Gasteiger partial charge in [-0.3, -0.25) is 19.5 Å². The molecule has 0 fully saturated rings. The maximum atomic E-state index is 13.0. The highest BCUT2D eigenvalue weighted by atomic mass is 16.5. The van der Waals surface area contributed by atoms with Crippen molar-refractivity contribution in [3.63, 3.8) is 0 Å². The lowest BCUT2D eigenvalue weighted by Gasteiger charge is -2.32. The van der Waals surface area contributed by atoms with Gasteiger partial charge in [-0.1, -0.05) is 48.5 Å². The summed E-state index contributed by atoms with van der Waals surface area (Å²) in [4.78, 5) is 31.5. The minimum atomic E-state index is -0.640. The molecule has 6 heteroatoms. The van der Waals surface area contributed by atoms with Crippen molar-refractivity contribution in [3.8, 4) is 5.75 Å². The van der Waals surface area contributed by atoms with Gasteiger partial charge in [-0.05, 0) is 36.8 Å². The molecule has 0 aliphatic carbocycles. The number of carbonyl (C=O) groups is 2. The van der Waals surface area contributed by atoms with E-state index in [1.54, 1.807) is 25.3 Å². The number of amides is 2. The van der Waals surface area contributed by atoms with E-state index in [-0.39, 0.29) is 18.4 Å². The Hall–Kier alpha value is -3.67. The minimum absolute atomic E-state index is 0.0975. The third-order valence-electron chi connectivity index (χ3n) is 4.80. The summed E-state index contributed by atoms with van der Waals surface area (Å²) in [6.45, 7) is 1.59. The second kappa shape index (κ2) is 8.14. The number of para-hydroxylation sites is 2. The number of hydrogen-bond donors (Lipinski definition) is 1. The number of nitrogens with one attached hydrogen (secondary N) is 1. The van der Waals surface area contributed by atoms with E-state index < -0.39 is 12.1 Å². The summed E-state index contributed by atoms with van der Waals surface area (Å²) in [5.41, 5.74) is 2.25. The van der Waals surface area contributed by atoms with Gasteiger partial charge in [-0.2, -0.15) is 0 Å². The highest BCUT2D eigenvalue weighted by Gasteiger charge is 2.33. The van der Waals surface area contributed by atoms with Crippen LogP contribution in [0.4, 0.5) is 5.69 Å². The largest absolute Gasteiger partial charge is 0.479 e. The zero-order chi connectivity index (χ0) is 20.2. The number of rotatable bonds is 5. The van der Waals surface area contributed by atoms with E-state index in [9.17, 15) is 9.59 Å². The van der Waals surface area contributed by atoms with Crippen LogP contribution in [0.25, 0.3) is 0 Å². The first kappa shape index (κ1) is 18.7. The van der Waals surface area contributed by atoms with Crippen molar-refractivity contribution in [2.24, 2.45) is 0 Å². The van der Waals surface area contributed by atoms with E-state index in [0.717, 1.165) is 11.3 Å². The zero-order valence-corrected chi connectivity index (χ0v) is 16.0. The molecule has 2 amide bonds. The molecule has 146 valence electrons. The van der Waals surface area contributed by atoms with Crippen LogP contribution in [-0.4, -0.2) is 29.4 Å². The summed E-state index contributed by atoms with van der Waals surface area (Å²) < 4.78 is 5.64. The molecule has 1 aromatic heterocycles. The Kier molecular flexibility index (Phi) is 5.24. The smallest absolute Gasteiger partial charge is 0.268 e. The normalized spacial score (nSPS) is 16.5. The average Bonchev–Trinajstić information content (AvgIpc) is 2.76. The maximum Gasteiger partial charge on any atom is 0.268 e. The van der Waals surface area contributed by atoms with E-state index >= 15 is 0 Å². The number of benzene rings is 2. The van der Waals surface area contributed by atoms with Gasteiger partial charge in [0.05, 0.1) is 17.4 Å². The predicted molar refractivity (Wildman–Crippen MR) is 110 cm³/mol. The Bertz CT molecular complexity index is 969. The Morgan fingerprint density at radius 2 is 1.79 bits per heavy atom. The van der Waals surface area contributed by atoms with Gasteiger partial charge in [-0.15, -0.1) is 0 Å². The maximum absolute atomic E-state index is 13.0. The Labute approximate surface area is 169 Å². The summed E-state index contributed by atoms with van der Waals surface area (Å²) in [6, 6.07) is 22.0. The fourth-order valence-corrected chi connectivity index (χ4v) is 3.39. The number of anilines is 1. The van der Waals surface area contributed by atoms with Crippen molar-refractivity contribution in [2.45, 2.75) is 19.1 Å². The second-order valence-electron chi connectivity index (χ2n) is 6.82. The number of nitrogens with zero attached hydrogens (tertiary/aromatic N) is 2. The summed E-state index contributed by atoms with van der Waals surface area (Å²) in [6.07, 6.45) is 1.05. The molecule has 0 unspecified atom stereocenters. The molecule has 0 spiro atoms. The molecule has 4 rings (SSSR count). The highest BCUT2D eigenvalue weighted by Crippen LogP contribution is 2.33. The highest BCUT2D eigenvalue weighted by molar-refractivity contribution is 6.03. The summed E-state index contributed by atoms with van der Waals surface area (Å²) in [5.74, 6) is 0.0754. The Morgan fingerprint density at radius 1 is 1.07 bits per heavy atom. The van der Waals surface area contributed by atoms with Gasteiger partial charge < -0.3 is 10.1 Å². The van der Waals surface area contributed by atoms with E-state index in [1.165, 1.54) is 4.90 Å². The van der Waals surface area contributed by atoms with Crippen LogP contribution in [0, 0.1) is 0 Å². The molecular formula is C23H21N3O3. The van der Waals surface area contributed by atoms with Gasteiger partial charge in [0.25, 0.3) is 5.91 Å². The van der Waals surface area contributed by atoms with Crippen LogP contribution in [0.5, 0.6) is 5.75 Å². The molecule has 0 radical (unpaired) electrons. The lowest BCUT2D eigenvalue weighted by atomic mass is 10.0. The first-order valence-corrected chi connectivity index (χ1v) is 9.46. The van der Waals surface area contributed by atoms with Crippen molar-refractivity contribution in [2.75, 3.05) is 11.4 Å². The van der Waals surface area contributed by atoms with Crippen molar-refractivity contribution >= 4 is 17.5 Å². The molecule has 2 atom stereocenters. The number of ether oxygens (including phenoxy) is 1. The molecular weight excluding hydrogens is 366 g/mol. The minimum Gasteiger partial charge on any atom is -0.479 e. The van der Waals surface area contributed by atoms with Crippen molar-refractivity contribution in [1.82, 2.24) is 10.3 Å². The third kappa shape index (κ3) is 3.96. The molecule has 29 heavy (non-hydrogen) atoms. The molecule has 0 saturated heterocycles. The van der Waals surface area contributed by atoms with Crippen molar-refractivity contribution in [3.05, 3.63) is 90.3 Å². The molecule has 3 aromatic rings. The monoisotopic (exact) mass is 387 g/mol. The number of fused-ring (bicyclic) bond motifs is 1. The van der Waals surface area contributed by atoms with Crippen LogP contribution < -0.4 is 15.0 Å². The topological polar surface area (TPSA) is 71.5 Å². The van der Waals surface area contributed by atoms with Gasteiger partial charge in [0, 0.05) is 6.20 Å². The zero-order valence-electron chi connectivity index (χ0n) is 16.0. The predicted octanol–water partition coefficient (Wildman–Crippen LogP) is 3.10. The fourth-order valence-electron chi connectivity index (χ4n) is 3.39. The molecule has 1 aliphatic heterocycles. The summed E-state index contributed by atoms with van der Waals surface area (Å²) in [7, 11) is 0. The summed E-state index contributed by atoms with van der Waals surface area (Å²) in [5, 5.41) is 3.03. The first-order valence-electron chi connectivity index (χ1n) is 9.46. The van der Waals surface area contributed by atoms with Gasteiger partial charge in [0.1, 0.15) is 12.3 Å². The fraction of sp³-hybridized carbons (Fsp3) is 0.174. The summed E-state index contributed by atoms with van der Waals surface area (Å²) >= 11 is 0. The molecule has 2 heterocycles. The van der Waals surface area contributed by atoms with Crippen LogP contribution in [-0.2, 0) is 9.59 Å². The Morgan fingerprint density at radius 3 is 2.55 bits per heavy atom. The molecule has 0 bridgehead atoms. The van der Waals surface area contributed by atoms with Crippen LogP contribution in [0.2, 0.25) is 0 Å². The lowest BCUT2D eigenvalue weighted by molar-refractivity contribution is -0.128. The molecule has 1 N–H and O–H groups in total. The molecule has 1 aliphatic rings. The average molecular weight is 387 g/mol. The number of carbonyl (C=O) groups excluding carboxylic acids is 2. The van der Waals surface area contributed by atoms with Crippen molar-refractivity contribution in [1.29, 1.82) is 0 Å². The molecule has 6 nitrogen and oxygen atoms in total. The van der Waals surface area contributed by atoms with E-state index in [2.05, 4.69) is 10.3 Å². The van der Waals surface area contributed by atoms with E-state index in [0.29, 0.717) is 11.4 Å². The van der Waals surface area contributed by atoms with E-state index in [1.807, 2.05) is 60.7 Å². The van der Waals surface area contributed by atoms with Crippen LogP contribution >= 0.6 is 0 Å². The van der Waals surface area contributed by atoms with Crippen molar-refractivity contribution < 1.29 is 14.3 Å². The van der Waals surface area contributed by atoms with Gasteiger partial charge in [0.15, 0.2) is 6.10 Å². The number of hydrogen-bond acceptors (Lipinski definition) is 4. The van der Waals surface area contributed by atoms with Gasteiger partial charge >= 0.3 is 0 Å². The number of aromatic nitrogens is 1. The molecule has 0 saturated carbocycles. The van der Waals surface area contributed by atoms with Crippen LogP contribution in [0.3, 0.4) is 0 Å². The standard InChI is InChI=1S/C23H21N3O3/c1-16-23(28)26(19-12-5-6-13-20(19)29-16)15-21(27)25-22(17-9-3-2-4-10-17)18-11-7-8-14-24-18/h2-14,16,22H,15H2,1H3,(H,25,27)/t16-,22+/m1/s1. The third-order valence-corrected chi connectivity index (χ3v) is 4.80. The second-order valence-corrected chi connectivity index (χ2v) is 6.82.